The van der Waals surface area contributed by atoms with Crippen LogP contribution in [0.4, 0.5) is 0 Å². The number of hydrogen-bond donors (Lipinski definition) is 1. The molecule has 1 aromatic carbocycles. The minimum Gasteiger partial charge on any atom is -0.494 e. The first-order valence-corrected chi connectivity index (χ1v) is 9.63. The minimum atomic E-state index is -0.975. The number of amides is 1. The molecule has 2 aliphatic rings. The van der Waals surface area contributed by atoms with Crippen molar-refractivity contribution in [1.82, 2.24) is 9.80 Å². The van der Waals surface area contributed by atoms with E-state index >= 15 is 0 Å². The second-order valence-corrected chi connectivity index (χ2v) is 7.34. The number of hydrogen-bond acceptors (Lipinski definition) is 5. The predicted molar refractivity (Wildman–Crippen MR) is 99.2 cm³/mol. The van der Waals surface area contributed by atoms with E-state index in [4.69, 9.17) is 9.47 Å². The van der Waals surface area contributed by atoms with Crippen molar-refractivity contribution < 1.29 is 19.4 Å². The molecule has 1 atom stereocenters. The first kappa shape index (κ1) is 19.1. The molecule has 6 nitrogen and oxygen atoms in total. The summed E-state index contributed by atoms with van der Waals surface area (Å²) in [5.74, 6) is 0.884. The summed E-state index contributed by atoms with van der Waals surface area (Å²) in [5, 5.41) is 11.0. The van der Waals surface area contributed by atoms with Gasteiger partial charge in [-0.25, -0.2) is 0 Å². The van der Waals surface area contributed by atoms with Crippen LogP contribution in [0.25, 0.3) is 0 Å². The standard InChI is InChI=1S/C20H30N2O4/c23-19(9-6-13-26-18-7-2-1-3-8-18)22-12-14-25-17-20(24,16-22)15-21-10-4-5-11-21/h1-3,7-8,24H,4-6,9-17H2. The maximum atomic E-state index is 12.6. The molecule has 2 heterocycles. The van der Waals surface area contributed by atoms with Gasteiger partial charge in [-0.05, 0) is 44.5 Å². The number of para-hydroxylation sites is 1. The van der Waals surface area contributed by atoms with Crippen LogP contribution in [0.15, 0.2) is 30.3 Å². The van der Waals surface area contributed by atoms with Gasteiger partial charge in [-0.3, -0.25) is 4.79 Å². The summed E-state index contributed by atoms with van der Waals surface area (Å²) in [6.45, 7) is 4.80. The molecule has 0 spiro atoms. The molecule has 0 aromatic heterocycles. The van der Waals surface area contributed by atoms with E-state index in [0.717, 1.165) is 18.8 Å². The Kier molecular flexibility index (Phi) is 6.88. The van der Waals surface area contributed by atoms with Gasteiger partial charge < -0.3 is 24.4 Å². The Bertz CT molecular complexity index is 562. The number of carbonyl (C=O) groups is 1. The molecule has 26 heavy (non-hydrogen) atoms. The molecule has 3 rings (SSSR count). The molecule has 2 fully saturated rings. The topological polar surface area (TPSA) is 62.2 Å². The van der Waals surface area contributed by atoms with E-state index < -0.39 is 5.60 Å². The summed E-state index contributed by atoms with van der Waals surface area (Å²) in [5.41, 5.74) is -0.975. The van der Waals surface area contributed by atoms with E-state index in [2.05, 4.69) is 4.90 Å². The van der Waals surface area contributed by atoms with Gasteiger partial charge in [0.1, 0.15) is 11.4 Å². The van der Waals surface area contributed by atoms with Crippen LogP contribution < -0.4 is 4.74 Å². The van der Waals surface area contributed by atoms with Gasteiger partial charge in [0.25, 0.3) is 0 Å². The van der Waals surface area contributed by atoms with Gasteiger partial charge in [-0.2, -0.15) is 0 Å². The normalized spacial score (nSPS) is 24.4. The number of rotatable bonds is 7. The average Bonchev–Trinajstić information content (AvgIpc) is 3.06. The quantitative estimate of drug-likeness (QED) is 0.746. The highest BCUT2D eigenvalue weighted by molar-refractivity contribution is 5.76. The number of ether oxygens (including phenoxy) is 2. The number of aliphatic hydroxyl groups is 1. The van der Waals surface area contributed by atoms with Crippen LogP contribution in [-0.4, -0.2) is 79.0 Å². The van der Waals surface area contributed by atoms with Crippen molar-refractivity contribution in [2.24, 2.45) is 0 Å². The first-order chi connectivity index (χ1) is 12.6. The zero-order valence-electron chi connectivity index (χ0n) is 15.4. The number of likely N-dealkylation sites (tertiary alicyclic amines) is 1. The van der Waals surface area contributed by atoms with E-state index in [1.807, 2.05) is 30.3 Å². The van der Waals surface area contributed by atoms with Crippen molar-refractivity contribution in [3.05, 3.63) is 30.3 Å². The second kappa shape index (κ2) is 9.35. The summed E-state index contributed by atoms with van der Waals surface area (Å²) in [7, 11) is 0. The molecule has 0 bridgehead atoms. The SMILES string of the molecule is O=C(CCCOc1ccccc1)N1CCOCC(O)(CN2CCCC2)C1. The molecule has 0 saturated carbocycles. The van der Waals surface area contributed by atoms with Crippen LogP contribution in [-0.2, 0) is 9.53 Å². The van der Waals surface area contributed by atoms with E-state index in [9.17, 15) is 9.90 Å². The third-order valence-corrected chi connectivity index (χ3v) is 4.98. The van der Waals surface area contributed by atoms with Crippen molar-refractivity contribution >= 4 is 5.91 Å². The van der Waals surface area contributed by atoms with E-state index in [-0.39, 0.29) is 5.91 Å². The van der Waals surface area contributed by atoms with Crippen LogP contribution >= 0.6 is 0 Å². The zero-order valence-corrected chi connectivity index (χ0v) is 15.4. The van der Waals surface area contributed by atoms with E-state index in [0.29, 0.717) is 52.3 Å². The van der Waals surface area contributed by atoms with Crippen molar-refractivity contribution in [3.8, 4) is 5.75 Å². The van der Waals surface area contributed by atoms with Crippen molar-refractivity contribution in [2.45, 2.75) is 31.3 Å². The van der Waals surface area contributed by atoms with Gasteiger partial charge in [0.15, 0.2) is 0 Å². The summed E-state index contributed by atoms with van der Waals surface area (Å²) < 4.78 is 11.2. The Morgan fingerprint density at radius 3 is 2.73 bits per heavy atom. The van der Waals surface area contributed by atoms with Crippen LogP contribution in [0.2, 0.25) is 0 Å². The van der Waals surface area contributed by atoms with Crippen LogP contribution in [0.5, 0.6) is 5.75 Å². The molecule has 0 aliphatic carbocycles. The van der Waals surface area contributed by atoms with Gasteiger partial charge in [0.05, 0.1) is 26.4 Å². The maximum Gasteiger partial charge on any atom is 0.222 e. The number of carbonyl (C=O) groups excluding carboxylic acids is 1. The summed E-state index contributed by atoms with van der Waals surface area (Å²) >= 11 is 0. The molecule has 1 N–H and O–H groups in total. The predicted octanol–water partition coefficient (Wildman–Crippen LogP) is 1.53. The van der Waals surface area contributed by atoms with Gasteiger partial charge in [0.2, 0.25) is 5.91 Å². The highest BCUT2D eigenvalue weighted by Crippen LogP contribution is 2.18. The molecule has 1 aromatic rings. The van der Waals surface area contributed by atoms with Crippen LogP contribution in [0, 0.1) is 0 Å². The number of nitrogens with zero attached hydrogens (tertiary/aromatic N) is 2. The minimum absolute atomic E-state index is 0.0620. The third-order valence-electron chi connectivity index (χ3n) is 4.98. The molecule has 2 aliphatic heterocycles. The monoisotopic (exact) mass is 362 g/mol. The van der Waals surface area contributed by atoms with Crippen LogP contribution in [0.1, 0.15) is 25.7 Å². The molecular formula is C20H30N2O4. The molecule has 144 valence electrons. The number of β-amino-alcohol motifs (C(OH)–C–C–N with tert-alkyl or cyclic N) is 1. The van der Waals surface area contributed by atoms with Gasteiger partial charge in [-0.15, -0.1) is 0 Å². The fourth-order valence-electron chi connectivity index (χ4n) is 3.67. The van der Waals surface area contributed by atoms with Crippen molar-refractivity contribution in [1.29, 1.82) is 0 Å². The molecule has 2 saturated heterocycles. The summed E-state index contributed by atoms with van der Waals surface area (Å²) in [4.78, 5) is 16.6. The fourth-order valence-corrected chi connectivity index (χ4v) is 3.67. The van der Waals surface area contributed by atoms with Gasteiger partial charge in [0, 0.05) is 19.5 Å². The molecular weight excluding hydrogens is 332 g/mol. The molecule has 1 unspecified atom stereocenters. The Balaban J connectivity index is 1.44. The Morgan fingerprint density at radius 2 is 1.96 bits per heavy atom. The fraction of sp³-hybridized carbons (Fsp3) is 0.650. The van der Waals surface area contributed by atoms with Gasteiger partial charge >= 0.3 is 0 Å². The third kappa shape index (κ3) is 5.69. The van der Waals surface area contributed by atoms with E-state index in [1.54, 1.807) is 4.90 Å². The highest BCUT2D eigenvalue weighted by atomic mass is 16.5. The zero-order chi connectivity index (χ0) is 18.2. The Morgan fingerprint density at radius 1 is 1.19 bits per heavy atom. The highest BCUT2D eigenvalue weighted by Gasteiger charge is 2.36. The average molecular weight is 362 g/mol. The van der Waals surface area contributed by atoms with Crippen molar-refractivity contribution in [3.63, 3.8) is 0 Å². The molecule has 0 radical (unpaired) electrons. The lowest BCUT2D eigenvalue weighted by Gasteiger charge is -2.34. The lowest BCUT2D eigenvalue weighted by Crippen LogP contribution is -2.53. The smallest absolute Gasteiger partial charge is 0.222 e. The van der Waals surface area contributed by atoms with Crippen LogP contribution in [0.3, 0.4) is 0 Å². The number of benzene rings is 1. The largest absolute Gasteiger partial charge is 0.494 e. The molecule has 1 amide bonds. The lowest BCUT2D eigenvalue weighted by atomic mass is 10.0. The van der Waals surface area contributed by atoms with Crippen molar-refractivity contribution in [2.75, 3.05) is 52.5 Å². The first-order valence-electron chi connectivity index (χ1n) is 9.63. The Hall–Kier alpha value is -1.63. The van der Waals surface area contributed by atoms with E-state index in [1.165, 1.54) is 12.8 Å². The summed E-state index contributed by atoms with van der Waals surface area (Å²) in [6.07, 6.45) is 3.45. The maximum absolute atomic E-state index is 12.6. The lowest BCUT2D eigenvalue weighted by molar-refractivity contribution is -0.134. The molecule has 6 heteroatoms. The Labute approximate surface area is 155 Å². The van der Waals surface area contributed by atoms with Gasteiger partial charge in [-0.1, -0.05) is 18.2 Å². The summed E-state index contributed by atoms with van der Waals surface area (Å²) in [6, 6.07) is 9.62. The second-order valence-electron chi connectivity index (χ2n) is 7.34.